The van der Waals surface area contributed by atoms with Gasteiger partial charge in [-0.1, -0.05) is 30.3 Å². The Bertz CT molecular complexity index is 1500. The fraction of sp³-hybridized carbons (Fsp3) is 0.333. The first-order valence-electron chi connectivity index (χ1n) is 13.4. The molecular formula is C30H34N4O5S. The van der Waals surface area contributed by atoms with Crippen LogP contribution in [0.5, 0.6) is 17.2 Å². The van der Waals surface area contributed by atoms with Crippen LogP contribution in [-0.4, -0.2) is 68.1 Å². The first-order valence-corrected chi connectivity index (χ1v) is 15.2. The fourth-order valence-corrected chi connectivity index (χ4v) is 5.82. The molecule has 1 aromatic heterocycles. The predicted molar refractivity (Wildman–Crippen MR) is 156 cm³/mol. The van der Waals surface area contributed by atoms with E-state index in [1.807, 2.05) is 66.7 Å². The van der Waals surface area contributed by atoms with E-state index in [9.17, 15) is 8.42 Å². The Balaban J connectivity index is 1.17. The van der Waals surface area contributed by atoms with Crippen molar-refractivity contribution in [2.24, 2.45) is 0 Å². The van der Waals surface area contributed by atoms with Crippen LogP contribution < -0.4 is 19.5 Å². The second-order valence-electron chi connectivity index (χ2n) is 9.72. The van der Waals surface area contributed by atoms with Crippen LogP contribution in [0.2, 0.25) is 0 Å². The van der Waals surface area contributed by atoms with Crippen LogP contribution in [0.1, 0.15) is 18.4 Å². The summed E-state index contributed by atoms with van der Waals surface area (Å²) in [5.74, 6) is 3.20. The van der Waals surface area contributed by atoms with Gasteiger partial charge < -0.3 is 24.4 Å². The third-order valence-corrected chi connectivity index (χ3v) is 8.46. The first kappa shape index (κ1) is 27.7. The highest BCUT2D eigenvalue weighted by atomic mass is 32.2. The summed E-state index contributed by atoms with van der Waals surface area (Å²) < 4.78 is 40.7. The lowest BCUT2D eigenvalue weighted by molar-refractivity contribution is 0.256. The average Bonchev–Trinajstić information content (AvgIpc) is 2.97. The van der Waals surface area contributed by atoms with Crippen LogP contribution in [-0.2, 0) is 16.4 Å². The van der Waals surface area contributed by atoms with Gasteiger partial charge >= 0.3 is 0 Å². The summed E-state index contributed by atoms with van der Waals surface area (Å²) in [7, 11) is -1.23. The SMILES string of the molecule is COc1cc2c(Nc3ccc(OCc4ccccc4)cc3)ncnc2cc1OCCCCN1CCS(=O)(=O)CC1. The number of hydrogen-bond acceptors (Lipinski definition) is 9. The molecule has 0 unspecified atom stereocenters. The number of nitrogens with one attached hydrogen (secondary N) is 1. The number of methoxy groups -OCH3 is 1. The van der Waals surface area contributed by atoms with Gasteiger partial charge in [0, 0.05) is 30.2 Å². The van der Waals surface area contributed by atoms with Gasteiger partial charge in [0.2, 0.25) is 0 Å². The lowest BCUT2D eigenvalue weighted by Crippen LogP contribution is -2.40. The third kappa shape index (κ3) is 7.40. The molecule has 0 spiro atoms. The van der Waals surface area contributed by atoms with E-state index >= 15 is 0 Å². The minimum absolute atomic E-state index is 0.255. The molecular weight excluding hydrogens is 528 g/mol. The maximum atomic E-state index is 11.6. The zero-order valence-electron chi connectivity index (χ0n) is 22.6. The smallest absolute Gasteiger partial charge is 0.163 e. The zero-order valence-corrected chi connectivity index (χ0v) is 23.4. The van der Waals surface area contributed by atoms with Gasteiger partial charge in [0.05, 0.1) is 30.7 Å². The molecule has 0 bridgehead atoms. The summed E-state index contributed by atoms with van der Waals surface area (Å²) in [6.07, 6.45) is 3.31. The Morgan fingerprint density at radius 1 is 0.900 bits per heavy atom. The molecule has 0 aliphatic carbocycles. The molecule has 1 N–H and O–H groups in total. The third-order valence-electron chi connectivity index (χ3n) is 6.85. The fourth-order valence-electron chi connectivity index (χ4n) is 4.54. The van der Waals surface area contributed by atoms with Crippen LogP contribution in [0.3, 0.4) is 0 Å². The topological polar surface area (TPSA) is 103 Å². The minimum Gasteiger partial charge on any atom is -0.493 e. The second kappa shape index (κ2) is 13.0. The number of anilines is 2. The Labute approximate surface area is 235 Å². The van der Waals surface area contributed by atoms with E-state index in [0.29, 0.717) is 43.6 Å². The maximum Gasteiger partial charge on any atom is 0.163 e. The molecule has 3 aromatic carbocycles. The highest BCUT2D eigenvalue weighted by Gasteiger charge is 2.21. The molecule has 1 saturated heterocycles. The van der Waals surface area contributed by atoms with Crippen molar-refractivity contribution in [1.82, 2.24) is 14.9 Å². The van der Waals surface area contributed by atoms with Crippen molar-refractivity contribution in [3.63, 3.8) is 0 Å². The van der Waals surface area contributed by atoms with Crippen LogP contribution in [0.15, 0.2) is 73.1 Å². The molecule has 1 aliphatic heterocycles. The van der Waals surface area contributed by atoms with Crippen molar-refractivity contribution in [3.05, 3.63) is 78.6 Å². The monoisotopic (exact) mass is 562 g/mol. The molecule has 0 atom stereocenters. The van der Waals surface area contributed by atoms with E-state index in [-0.39, 0.29) is 11.5 Å². The molecule has 0 saturated carbocycles. The summed E-state index contributed by atoms with van der Waals surface area (Å²) in [6.45, 7) is 3.14. The van der Waals surface area contributed by atoms with E-state index in [4.69, 9.17) is 14.2 Å². The molecule has 5 rings (SSSR count). The highest BCUT2D eigenvalue weighted by molar-refractivity contribution is 7.91. The van der Waals surface area contributed by atoms with Crippen molar-refractivity contribution in [3.8, 4) is 17.2 Å². The van der Waals surface area contributed by atoms with Gasteiger partial charge in [-0.05, 0) is 55.3 Å². The molecule has 2 heterocycles. The summed E-state index contributed by atoms with van der Waals surface area (Å²) in [5.41, 5.74) is 2.73. The number of nitrogens with zero attached hydrogens (tertiary/aromatic N) is 3. The lowest BCUT2D eigenvalue weighted by Gasteiger charge is -2.26. The van der Waals surface area contributed by atoms with Crippen molar-refractivity contribution in [2.45, 2.75) is 19.4 Å². The van der Waals surface area contributed by atoms with Gasteiger partial charge in [-0.2, -0.15) is 0 Å². The van der Waals surface area contributed by atoms with Gasteiger partial charge in [-0.25, -0.2) is 18.4 Å². The molecule has 1 aliphatic rings. The Morgan fingerprint density at radius 2 is 1.68 bits per heavy atom. The molecule has 0 radical (unpaired) electrons. The second-order valence-corrected chi connectivity index (χ2v) is 12.0. The molecule has 210 valence electrons. The van der Waals surface area contributed by atoms with Crippen molar-refractivity contribution < 1.29 is 22.6 Å². The van der Waals surface area contributed by atoms with Crippen molar-refractivity contribution in [1.29, 1.82) is 0 Å². The van der Waals surface area contributed by atoms with Gasteiger partial charge in [-0.3, -0.25) is 0 Å². The first-order chi connectivity index (χ1) is 19.5. The van der Waals surface area contributed by atoms with E-state index in [2.05, 4.69) is 20.2 Å². The molecule has 10 heteroatoms. The van der Waals surface area contributed by atoms with E-state index < -0.39 is 9.84 Å². The van der Waals surface area contributed by atoms with Crippen molar-refractivity contribution in [2.75, 3.05) is 50.2 Å². The molecule has 0 amide bonds. The number of sulfone groups is 1. The van der Waals surface area contributed by atoms with Crippen molar-refractivity contribution >= 4 is 32.2 Å². The van der Waals surface area contributed by atoms with E-state index in [0.717, 1.165) is 47.3 Å². The molecule has 40 heavy (non-hydrogen) atoms. The normalized spacial score (nSPS) is 15.0. The van der Waals surface area contributed by atoms with E-state index in [1.165, 1.54) is 6.33 Å². The highest BCUT2D eigenvalue weighted by Crippen LogP contribution is 2.35. The molecule has 9 nitrogen and oxygen atoms in total. The molecule has 1 fully saturated rings. The predicted octanol–water partition coefficient (Wildman–Crippen LogP) is 4.85. The Morgan fingerprint density at radius 3 is 2.42 bits per heavy atom. The molecule has 4 aromatic rings. The standard InChI is InChI=1S/C30H34N4O5S/c1-37-28-19-26-27(20-29(28)38-16-6-5-13-34-14-17-40(35,36)18-15-34)31-22-32-30(26)33-24-9-11-25(12-10-24)39-21-23-7-3-2-4-8-23/h2-4,7-12,19-20,22H,5-6,13-18,21H2,1H3,(H,31,32,33). The number of aromatic nitrogens is 2. The quantitative estimate of drug-likeness (QED) is 0.243. The van der Waals surface area contributed by atoms with Crippen LogP contribution in [0.25, 0.3) is 10.9 Å². The minimum atomic E-state index is -2.85. The number of benzene rings is 3. The summed E-state index contributed by atoms with van der Waals surface area (Å²) in [4.78, 5) is 11.1. The van der Waals surface area contributed by atoms with Gasteiger partial charge in [-0.15, -0.1) is 0 Å². The van der Waals surface area contributed by atoms with Gasteiger partial charge in [0.15, 0.2) is 21.3 Å². The number of ether oxygens (including phenoxy) is 3. The summed E-state index contributed by atoms with van der Waals surface area (Å²) in [5, 5.41) is 4.19. The van der Waals surface area contributed by atoms with E-state index in [1.54, 1.807) is 7.11 Å². The van der Waals surface area contributed by atoms with Crippen LogP contribution in [0.4, 0.5) is 11.5 Å². The Hall–Kier alpha value is -3.89. The zero-order chi connectivity index (χ0) is 27.8. The van der Waals surface area contributed by atoms with Gasteiger partial charge in [0.25, 0.3) is 0 Å². The number of fused-ring (bicyclic) bond motifs is 1. The largest absolute Gasteiger partial charge is 0.493 e. The number of rotatable bonds is 12. The average molecular weight is 563 g/mol. The Kier molecular flexibility index (Phi) is 8.98. The van der Waals surface area contributed by atoms with Crippen LogP contribution >= 0.6 is 0 Å². The summed E-state index contributed by atoms with van der Waals surface area (Å²) in [6, 6.07) is 21.6. The summed E-state index contributed by atoms with van der Waals surface area (Å²) >= 11 is 0. The number of hydrogen-bond donors (Lipinski definition) is 1. The van der Waals surface area contributed by atoms with Gasteiger partial charge in [0.1, 0.15) is 24.5 Å². The van der Waals surface area contributed by atoms with Crippen LogP contribution in [0, 0.1) is 0 Å². The number of unbranched alkanes of at least 4 members (excludes halogenated alkanes) is 1. The maximum absolute atomic E-state index is 11.6. The lowest BCUT2D eigenvalue weighted by atomic mass is 10.2.